The molecule has 7 rings (SSSR count). The normalized spacial score (nSPS) is 28.1. The Bertz CT molecular complexity index is 1380. The number of halogens is 1. The van der Waals surface area contributed by atoms with Crippen LogP contribution in [0, 0.1) is 17.8 Å². The van der Waals surface area contributed by atoms with Crippen molar-refractivity contribution in [3.8, 4) is 5.75 Å². The number of anilines is 1. The topological polar surface area (TPSA) is 102 Å². The summed E-state index contributed by atoms with van der Waals surface area (Å²) in [5.74, 6) is 0.934. The molecule has 5 fully saturated rings. The standard InChI is InChI=1S/C31H31BrN2O6/c1-2-39-27(35)17-40-26-8-3-18(13-25(26)32)12-24-28(36)33-30(38)34(29(24)37)23-6-4-22(5-7-23)31-14-19-9-20(15-31)11-21(10-19)16-31/h3-8,12-13,19-21H,2,9-11,14-17H2,1H3,(H,33,36,38)/b24-12+. The molecule has 0 unspecified atom stereocenters. The Morgan fingerprint density at radius 1 is 1.02 bits per heavy atom. The number of carbonyl (C=O) groups is 4. The lowest BCUT2D eigenvalue weighted by atomic mass is 9.48. The quantitative estimate of drug-likeness (QED) is 0.253. The maximum absolute atomic E-state index is 13.4. The lowest BCUT2D eigenvalue weighted by Crippen LogP contribution is -2.54. The summed E-state index contributed by atoms with van der Waals surface area (Å²) in [5.41, 5.74) is 2.32. The van der Waals surface area contributed by atoms with Gasteiger partial charge in [0.1, 0.15) is 11.3 Å². The van der Waals surface area contributed by atoms with Crippen molar-refractivity contribution in [1.29, 1.82) is 0 Å². The van der Waals surface area contributed by atoms with E-state index in [0.29, 0.717) is 21.5 Å². The molecule has 0 aromatic heterocycles. The number of hydrogen-bond acceptors (Lipinski definition) is 6. The van der Waals surface area contributed by atoms with Gasteiger partial charge in [-0.3, -0.25) is 14.9 Å². The molecule has 8 nitrogen and oxygen atoms in total. The maximum Gasteiger partial charge on any atom is 0.344 e. The Morgan fingerprint density at radius 2 is 1.68 bits per heavy atom. The van der Waals surface area contributed by atoms with Crippen LogP contribution >= 0.6 is 15.9 Å². The first kappa shape index (κ1) is 26.7. The first-order chi connectivity index (χ1) is 19.2. The second-order valence-electron chi connectivity index (χ2n) is 11.5. The van der Waals surface area contributed by atoms with Gasteiger partial charge in [0, 0.05) is 0 Å². The Hall–Kier alpha value is -3.46. The third kappa shape index (κ3) is 4.96. The molecule has 0 radical (unpaired) electrons. The smallest absolute Gasteiger partial charge is 0.344 e. The minimum absolute atomic E-state index is 0.156. The number of carbonyl (C=O) groups excluding carboxylic acids is 4. The van der Waals surface area contributed by atoms with Crippen LogP contribution in [-0.4, -0.2) is 37.0 Å². The average Bonchev–Trinajstić information content (AvgIpc) is 2.90. The Kier molecular flexibility index (Phi) is 7.02. The molecule has 2 aromatic rings. The Labute approximate surface area is 241 Å². The molecule has 5 aliphatic rings. The van der Waals surface area contributed by atoms with Crippen LogP contribution in [0.25, 0.3) is 6.08 Å². The van der Waals surface area contributed by atoms with Crippen LogP contribution in [0.4, 0.5) is 10.5 Å². The third-order valence-electron chi connectivity index (χ3n) is 8.80. The highest BCUT2D eigenvalue weighted by molar-refractivity contribution is 9.10. The Morgan fingerprint density at radius 3 is 2.27 bits per heavy atom. The number of amides is 4. The zero-order valence-corrected chi connectivity index (χ0v) is 23.9. The second-order valence-corrected chi connectivity index (χ2v) is 12.3. The van der Waals surface area contributed by atoms with Gasteiger partial charge in [-0.25, -0.2) is 14.5 Å². The van der Waals surface area contributed by atoms with Gasteiger partial charge in [0.25, 0.3) is 11.8 Å². The van der Waals surface area contributed by atoms with E-state index in [1.807, 2.05) is 12.1 Å². The Balaban J connectivity index is 1.21. The fourth-order valence-electron chi connectivity index (χ4n) is 7.55. The van der Waals surface area contributed by atoms with Crippen molar-refractivity contribution in [3.63, 3.8) is 0 Å². The molecule has 208 valence electrons. The van der Waals surface area contributed by atoms with Crippen molar-refractivity contribution in [2.45, 2.75) is 50.9 Å². The van der Waals surface area contributed by atoms with Crippen molar-refractivity contribution in [3.05, 3.63) is 63.6 Å². The first-order valence-corrected chi connectivity index (χ1v) is 14.6. The molecule has 1 saturated heterocycles. The van der Waals surface area contributed by atoms with Gasteiger partial charge in [-0.05, 0) is 126 Å². The molecular weight excluding hydrogens is 576 g/mol. The summed E-state index contributed by atoms with van der Waals surface area (Å²) in [4.78, 5) is 51.5. The number of benzene rings is 2. The van der Waals surface area contributed by atoms with Crippen LogP contribution in [0.2, 0.25) is 0 Å². The fourth-order valence-corrected chi connectivity index (χ4v) is 8.06. The van der Waals surface area contributed by atoms with Crippen LogP contribution in [0.1, 0.15) is 56.6 Å². The van der Waals surface area contributed by atoms with Gasteiger partial charge in [0.15, 0.2) is 6.61 Å². The summed E-state index contributed by atoms with van der Waals surface area (Å²) in [6, 6.07) is 11.9. The van der Waals surface area contributed by atoms with Gasteiger partial charge in [-0.1, -0.05) is 18.2 Å². The molecule has 1 aliphatic heterocycles. The summed E-state index contributed by atoms with van der Waals surface area (Å²) >= 11 is 3.40. The lowest BCUT2D eigenvalue weighted by molar-refractivity contribution is -0.145. The highest BCUT2D eigenvalue weighted by Crippen LogP contribution is 2.60. The van der Waals surface area contributed by atoms with Crippen molar-refractivity contribution in [1.82, 2.24) is 5.32 Å². The van der Waals surface area contributed by atoms with E-state index in [9.17, 15) is 19.2 Å². The van der Waals surface area contributed by atoms with Crippen LogP contribution in [0.5, 0.6) is 5.75 Å². The van der Waals surface area contributed by atoms with Crippen LogP contribution in [0.3, 0.4) is 0 Å². The highest BCUT2D eigenvalue weighted by atomic mass is 79.9. The van der Waals surface area contributed by atoms with Crippen molar-refractivity contribution < 1.29 is 28.7 Å². The predicted molar refractivity (Wildman–Crippen MR) is 152 cm³/mol. The molecule has 0 spiro atoms. The van der Waals surface area contributed by atoms with Crippen LogP contribution < -0.4 is 15.0 Å². The fraction of sp³-hybridized carbons (Fsp3) is 0.419. The number of rotatable bonds is 7. The summed E-state index contributed by atoms with van der Waals surface area (Å²) < 4.78 is 10.9. The van der Waals surface area contributed by atoms with Gasteiger partial charge in [-0.2, -0.15) is 0 Å². The van der Waals surface area contributed by atoms with Gasteiger partial charge in [0.2, 0.25) is 0 Å². The summed E-state index contributed by atoms with van der Waals surface area (Å²) in [7, 11) is 0. The molecule has 4 aliphatic carbocycles. The van der Waals surface area contributed by atoms with Gasteiger partial charge in [0.05, 0.1) is 16.8 Å². The maximum atomic E-state index is 13.4. The van der Waals surface area contributed by atoms with E-state index >= 15 is 0 Å². The van der Waals surface area contributed by atoms with E-state index in [2.05, 4.69) is 33.4 Å². The molecule has 1 N–H and O–H groups in total. The molecule has 0 atom stereocenters. The van der Waals surface area contributed by atoms with E-state index in [1.54, 1.807) is 25.1 Å². The highest BCUT2D eigenvalue weighted by Gasteiger charge is 2.51. The summed E-state index contributed by atoms with van der Waals surface area (Å²) in [5, 5.41) is 2.29. The average molecular weight is 608 g/mol. The summed E-state index contributed by atoms with van der Waals surface area (Å²) in [6.45, 7) is 1.73. The summed E-state index contributed by atoms with van der Waals surface area (Å²) in [6.07, 6.45) is 9.20. The third-order valence-corrected chi connectivity index (χ3v) is 9.42. The van der Waals surface area contributed by atoms with Gasteiger partial charge in [-0.15, -0.1) is 0 Å². The van der Waals surface area contributed by atoms with Gasteiger partial charge >= 0.3 is 12.0 Å². The number of esters is 1. The molecular formula is C31H31BrN2O6. The second kappa shape index (κ2) is 10.5. The van der Waals surface area contributed by atoms with E-state index in [1.165, 1.54) is 50.2 Å². The van der Waals surface area contributed by atoms with E-state index in [4.69, 9.17) is 9.47 Å². The number of nitrogens with zero attached hydrogens (tertiary/aromatic N) is 1. The number of ether oxygens (including phenoxy) is 2. The monoisotopic (exact) mass is 606 g/mol. The molecule has 40 heavy (non-hydrogen) atoms. The molecule has 4 saturated carbocycles. The van der Waals surface area contributed by atoms with Crippen molar-refractivity contribution >= 4 is 51.5 Å². The minimum Gasteiger partial charge on any atom is -0.481 e. The van der Waals surface area contributed by atoms with E-state index in [-0.39, 0.29) is 24.2 Å². The largest absolute Gasteiger partial charge is 0.481 e. The minimum atomic E-state index is -0.765. The number of hydrogen-bond donors (Lipinski definition) is 1. The lowest BCUT2D eigenvalue weighted by Gasteiger charge is -2.57. The molecule has 4 amide bonds. The van der Waals surface area contributed by atoms with Crippen LogP contribution in [0.15, 0.2) is 52.5 Å². The van der Waals surface area contributed by atoms with E-state index in [0.717, 1.165) is 22.7 Å². The number of barbiturate groups is 1. The van der Waals surface area contributed by atoms with Crippen molar-refractivity contribution in [2.24, 2.45) is 17.8 Å². The zero-order chi connectivity index (χ0) is 28.0. The van der Waals surface area contributed by atoms with E-state index < -0.39 is 23.8 Å². The number of imide groups is 2. The SMILES string of the molecule is CCOC(=O)COc1ccc(/C=C2\C(=O)NC(=O)N(c3ccc(C45CC6CC(CC(C6)C4)C5)cc3)C2=O)cc1Br. The van der Waals surface area contributed by atoms with Gasteiger partial charge < -0.3 is 9.47 Å². The molecule has 4 bridgehead atoms. The first-order valence-electron chi connectivity index (χ1n) is 13.8. The predicted octanol–water partition coefficient (Wildman–Crippen LogP) is 5.53. The van der Waals surface area contributed by atoms with Crippen LogP contribution in [-0.2, 0) is 24.5 Å². The molecule has 2 aromatic carbocycles. The molecule has 1 heterocycles. The molecule has 9 heteroatoms. The number of urea groups is 1. The van der Waals surface area contributed by atoms with Crippen molar-refractivity contribution in [2.75, 3.05) is 18.1 Å². The zero-order valence-electron chi connectivity index (χ0n) is 22.3. The number of nitrogens with one attached hydrogen (secondary N) is 1.